The van der Waals surface area contributed by atoms with Gasteiger partial charge in [-0.05, 0) is 56.4 Å². The minimum absolute atomic E-state index is 0.311. The van der Waals surface area contributed by atoms with E-state index in [1.54, 1.807) is 0 Å². The zero-order chi connectivity index (χ0) is 15.3. The third kappa shape index (κ3) is 3.64. The van der Waals surface area contributed by atoms with Crippen molar-refractivity contribution in [3.8, 4) is 0 Å². The quantitative estimate of drug-likeness (QED) is 0.745. The molecular formula is C19H38N2. The second-order valence-corrected chi connectivity index (χ2v) is 7.86. The van der Waals surface area contributed by atoms with Crippen LogP contribution in [-0.4, -0.2) is 30.1 Å². The Hall–Kier alpha value is -0.0800. The number of likely N-dealkylation sites (N-methyl/N-ethyl adjacent to an activating group) is 1. The monoisotopic (exact) mass is 294 g/mol. The highest BCUT2D eigenvalue weighted by Crippen LogP contribution is 2.52. The van der Waals surface area contributed by atoms with Crippen molar-refractivity contribution in [3.63, 3.8) is 0 Å². The molecule has 0 heterocycles. The molecule has 2 nitrogen and oxygen atoms in total. The van der Waals surface area contributed by atoms with E-state index >= 15 is 0 Å². The van der Waals surface area contributed by atoms with Crippen molar-refractivity contribution >= 4 is 0 Å². The van der Waals surface area contributed by atoms with Crippen LogP contribution in [0, 0.1) is 11.3 Å². The van der Waals surface area contributed by atoms with E-state index in [9.17, 15) is 0 Å². The number of nitrogens with zero attached hydrogens (tertiary/aromatic N) is 1. The van der Waals surface area contributed by atoms with Gasteiger partial charge in [-0.2, -0.15) is 0 Å². The summed E-state index contributed by atoms with van der Waals surface area (Å²) < 4.78 is 0. The van der Waals surface area contributed by atoms with Crippen molar-refractivity contribution in [3.05, 3.63) is 0 Å². The standard InChI is InChI=1S/C19H38N2/c1-4-17(5-2)15-21(6-3)19(16-20)13-11-18(12-14-19)9-7-8-10-18/h17H,4-16,20H2,1-3H3. The lowest BCUT2D eigenvalue weighted by molar-refractivity contribution is 0.00685. The zero-order valence-electron chi connectivity index (χ0n) is 14.8. The summed E-state index contributed by atoms with van der Waals surface area (Å²) in [4.78, 5) is 2.76. The maximum Gasteiger partial charge on any atom is 0.0332 e. The fraction of sp³-hybridized carbons (Fsp3) is 1.00. The van der Waals surface area contributed by atoms with Gasteiger partial charge in [0, 0.05) is 18.6 Å². The molecule has 0 unspecified atom stereocenters. The Balaban J connectivity index is 2.02. The molecule has 0 aromatic carbocycles. The van der Waals surface area contributed by atoms with Crippen LogP contribution in [0.3, 0.4) is 0 Å². The molecule has 124 valence electrons. The van der Waals surface area contributed by atoms with Gasteiger partial charge in [0.05, 0.1) is 0 Å². The average Bonchev–Trinajstić information content (AvgIpc) is 2.99. The first-order chi connectivity index (χ1) is 10.1. The van der Waals surface area contributed by atoms with Gasteiger partial charge in [0.25, 0.3) is 0 Å². The SMILES string of the molecule is CCC(CC)CN(CC)C1(CN)CCC2(CCCC2)CC1. The predicted octanol–water partition coefficient (Wildman–Crippen LogP) is 4.58. The summed E-state index contributed by atoms with van der Waals surface area (Å²) in [6.07, 6.45) is 14.1. The van der Waals surface area contributed by atoms with Crippen LogP contribution >= 0.6 is 0 Å². The first-order valence-electron chi connectivity index (χ1n) is 9.59. The Morgan fingerprint density at radius 2 is 1.48 bits per heavy atom. The first kappa shape index (κ1) is 17.3. The highest BCUT2D eigenvalue weighted by Gasteiger charge is 2.45. The van der Waals surface area contributed by atoms with Crippen molar-refractivity contribution in [1.82, 2.24) is 4.90 Å². The highest BCUT2D eigenvalue weighted by molar-refractivity contribution is 5.01. The zero-order valence-corrected chi connectivity index (χ0v) is 14.8. The second kappa shape index (κ2) is 7.46. The first-order valence-corrected chi connectivity index (χ1v) is 9.59. The van der Waals surface area contributed by atoms with Gasteiger partial charge in [-0.3, -0.25) is 4.90 Å². The molecule has 0 bridgehead atoms. The predicted molar refractivity (Wildman–Crippen MR) is 92.5 cm³/mol. The molecule has 2 rings (SSSR count). The van der Waals surface area contributed by atoms with Crippen molar-refractivity contribution in [2.45, 2.75) is 90.5 Å². The van der Waals surface area contributed by atoms with E-state index in [-0.39, 0.29) is 0 Å². The number of hydrogen-bond acceptors (Lipinski definition) is 2. The summed E-state index contributed by atoms with van der Waals surface area (Å²) in [5.41, 5.74) is 7.34. The number of hydrogen-bond donors (Lipinski definition) is 1. The van der Waals surface area contributed by atoms with Crippen LogP contribution in [0.2, 0.25) is 0 Å². The van der Waals surface area contributed by atoms with E-state index in [0.29, 0.717) is 11.0 Å². The molecule has 0 aromatic rings. The van der Waals surface area contributed by atoms with Crippen LogP contribution in [0.15, 0.2) is 0 Å². The van der Waals surface area contributed by atoms with E-state index < -0.39 is 0 Å². The summed E-state index contributed by atoms with van der Waals surface area (Å²) in [6.45, 7) is 10.3. The third-order valence-corrected chi connectivity index (χ3v) is 6.97. The van der Waals surface area contributed by atoms with E-state index in [4.69, 9.17) is 5.73 Å². The molecule has 2 saturated carbocycles. The van der Waals surface area contributed by atoms with Gasteiger partial charge in [0.1, 0.15) is 0 Å². The lowest BCUT2D eigenvalue weighted by Crippen LogP contribution is -2.57. The van der Waals surface area contributed by atoms with Gasteiger partial charge in [-0.15, -0.1) is 0 Å². The molecule has 0 aromatic heterocycles. The molecule has 0 saturated heterocycles. The van der Waals surface area contributed by atoms with Gasteiger partial charge in [0.2, 0.25) is 0 Å². The van der Waals surface area contributed by atoms with E-state index in [1.807, 2.05) is 0 Å². The molecule has 0 amide bonds. The van der Waals surface area contributed by atoms with Gasteiger partial charge >= 0.3 is 0 Å². The Bertz CT molecular complexity index is 293. The topological polar surface area (TPSA) is 29.3 Å². The van der Waals surface area contributed by atoms with Crippen LogP contribution in [0.1, 0.15) is 85.0 Å². The molecule has 2 aliphatic carbocycles. The lowest BCUT2D eigenvalue weighted by Gasteiger charge is -2.51. The summed E-state index contributed by atoms with van der Waals surface area (Å²) >= 11 is 0. The fourth-order valence-electron chi connectivity index (χ4n) is 5.04. The summed E-state index contributed by atoms with van der Waals surface area (Å²) in [6, 6.07) is 0. The molecule has 2 heteroatoms. The van der Waals surface area contributed by atoms with E-state index in [0.717, 1.165) is 12.5 Å². The second-order valence-electron chi connectivity index (χ2n) is 7.86. The third-order valence-electron chi connectivity index (χ3n) is 6.97. The minimum atomic E-state index is 0.311. The van der Waals surface area contributed by atoms with Crippen LogP contribution in [0.5, 0.6) is 0 Å². The Kier molecular flexibility index (Phi) is 6.14. The fourth-order valence-corrected chi connectivity index (χ4v) is 5.04. The Morgan fingerprint density at radius 1 is 0.905 bits per heavy atom. The van der Waals surface area contributed by atoms with Gasteiger partial charge < -0.3 is 5.73 Å². The summed E-state index contributed by atoms with van der Waals surface area (Å²) in [7, 11) is 0. The molecule has 2 aliphatic rings. The van der Waals surface area contributed by atoms with Crippen molar-refractivity contribution in [1.29, 1.82) is 0 Å². The van der Waals surface area contributed by atoms with E-state index in [2.05, 4.69) is 25.7 Å². The molecule has 21 heavy (non-hydrogen) atoms. The molecular weight excluding hydrogens is 256 g/mol. The number of rotatable bonds is 7. The normalized spacial score (nSPS) is 24.3. The molecule has 1 spiro atoms. The average molecular weight is 295 g/mol. The van der Waals surface area contributed by atoms with Crippen molar-refractivity contribution < 1.29 is 0 Å². The molecule has 0 atom stereocenters. The smallest absolute Gasteiger partial charge is 0.0332 e. The van der Waals surface area contributed by atoms with Crippen LogP contribution < -0.4 is 5.73 Å². The minimum Gasteiger partial charge on any atom is -0.329 e. The largest absolute Gasteiger partial charge is 0.329 e. The van der Waals surface area contributed by atoms with E-state index in [1.165, 1.54) is 77.3 Å². The number of nitrogens with two attached hydrogens (primary N) is 1. The maximum absolute atomic E-state index is 6.32. The van der Waals surface area contributed by atoms with Crippen molar-refractivity contribution in [2.24, 2.45) is 17.1 Å². The van der Waals surface area contributed by atoms with Crippen LogP contribution in [-0.2, 0) is 0 Å². The lowest BCUT2D eigenvalue weighted by atomic mass is 9.65. The summed E-state index contributed by atoms with van der Waals surface area (Å²) in [5.74, 6) is 0.843. The van der Waals surface area contributed by atoms with Crippen LogP contribution in [0.25, 0.3) is 0 Å². The van der Waals surface area contributed by atoms with Gasteiger partial charge in [-0.1, -0.05) is 46.5 Å². The van der Waals surface area contributed by atoms with Gasteiger partial charge in [0.15, 0.2) is 0 Å². The highest BCUT2D eigenvalue weighted by atomic mass is 15.2. The molecule has 2 N–H and O–H groups in total. The maximum atomic E-state index is 6.32. The molecule has 2 fully saturated rings. The Morgan fingerprint density at radius 3 is 1.90 bits per heavy atom. The molecule has 0 radical (unpaired) electrons. The van der Waals surface area contributed by atoms with Crippen LogP contribution in [0.4, 0.5) is 0 Å². The van der Waals surface area contributed by atoms with Gasteiger partial charge in [-0.25, -0.2) is 0 Å². The molecule has 0 aliphatic heterocycles. The Labute approximate surface area is 132 Å². The van der Waals surface area contributed by atoms with Crippen molar-refractivity contribution in [2.75, 3.05) is 19.6 Å². The summed E-state index contributed by atoms with van der Waals surface area (Å²) in [5, 5.41) is 0.